The van der Waals surface area contributed by atoms with Crippen LogP contribution in [0.15, 0.2) is 6.07 Å². The molecule has 1 amide bonds. The molecular formula is C16H21N7OS. The minimum atomic E-state index is -0.159. The molecular weight excluding hydrogens is 338 g/mol. The Morgan fingerprint density at radius 3 is 2.76 bits per heavy atom. The van der Waals surface area contributed by atoms with Crippen molar-refractivity contribution in [2.45, 2.75) is 25.7 Å². The van der Waals surface area contributed by atoms with Crippen LogP contribution in [-0.2, 0) is 14.1 Å². The number of aryl methyl sites for hydroxylation is 3. The molecule has 2 N–H and O–H groups in total. The van der Waals surface area contributed by atoms with Gasteiger partial charge in [-0.1, -0.05) is 0 Å². The number of aromatic nitrogens is 5. The first-order chi connectivity index (χ1) is 12.0. The van der Waals surface area contributed by atoms with E-state index >= 15 is 0 Å². The molecule has 3 aromatic heterocycles. The van der Waals surface area contributed by atoms with Gasteiger partial charge in [0.25, 0.3) is 5.91 Å². The van der Waals surface area contributed by atoms with Gasteiger partial charge in [0, 0.05) is 25.4 Å². The molecule has 1 aliphatic rings. The normalized spacial score (nSPS) is 15.8. The highest BCUT2D eigenvalue weighted by Crippen LogP contribution is 2.28. The molecule has 25 heavy (non-hydrogen) atoms. The summed E-state index contributed by atoms with van der Waals surface area (Å²) in [5.74, 6) is 1.51. The molecule has 1 fully saturated rings. The van der Waals surface area contributed by atoms with E-state index in [2.05, 4.69) is 25.8 Å². The van der Waals surface area contributed by atoms with Crippen LogP contribution in [-0.4, -0.2) is 43.5 Å². The Bertz CT molecular complexity index is 897. The summed E-state index contributed by atoms with van der Waals surface area (Å²) in [4.78, 5) is 18.8. The molecule has 0 bridgehead atoms. The van der Waals surface area contributed by atoms with Crippen LogP contribution < -0.4 is 10.6 Å². The van der Waals surface area contributed by atoms with E-state index in [-0.39, 0.29) is 5.91 Å². The monoisotopic (exact) mass is 359 g/mol. The van der Waals surface area contributed by atoms with Gasteiger partial charge in [0.05, 0.1) is 10.6 Å². The number of hydrogen-bond acceptors (Lipinski definition) is 6. The summed E-state index contributed by atoms with van der Waals surface area (Å²) in [6, 6.07) is 1.89. The maximum Gasteiger partial charge on any atom is 0.268 e. The van der Waals surface area contributed by atoms with Gasteiger partial charge in [-0.2, -0.15) is 15.2 Å². The van der Waals surface area contributed by atoms with Crippen LogP contribution in [0, 0.1) is 6.92 Å². The van der Waals surface area contributed by atoms with E-state index in [1.165, 1.54) is 11.3 Å². The van der Waals surface area contributed by atoms with Gasteiger partial charge in [0.1, 0.15) is 4.83 Å². The van der Waals surface area contributed by atoms with Crippen molar-refractivity contribution < 1.29 is 4.79 Å². The first kappa shape index (κ1) is 16.2. The van der Waals surface area contributed by atoms with Gasteiger partial charge in [0.15, 0.2) is 5.82 Å². The topological polar surface area (TPSA) is 89.7 Å². The van der Waals surface area contributed by atoms with Gasteiger partial charge < -0.3 is 5.32 Å². The van der Waals surface area contributed by atoms with Gasteiger partial charge in [-0.3, -0.25) is 14.8 Å². The number of fused-ring (bicyclic) bond motifs is 1. The molecule has 0 aromatic carbocycles. The lowest BCUT2D eigenvalue weighted by Gasteiger charge is -2.19. The van der Waals surface area contributed by atoms with E-state index in [0.29, 0.717) is 16.7 Å². The third-order valence-corrected chi connectivity index (χ3v) is 5.83. The van der Waals surface area contributed by atoms with Gasteiger partial charge in [-0.25, -0.2) is 4.68 Å². The molecule has 0 aliphatic carbocycles. The minimum Gasteiger partial charge on any atom is -0.317 e. The molecule has 0 radical (unpaired) electrons. The quantitative estimate of drug-likeness (QED) is 0.744. The van der Waals surface area contributed by atoms with Crippen molar-refractivity contribution in [3.8, 4) is 0 Å². The van der Waals surface area contributed by atoms with Crippen molar-refractivity contribution in [3.05, 3.63) is 22.5 Å². The molecule has 9 heteroatoms. The summed E-state index contributed by atoms with van der Waals surface area (Å²) in [5.41, 5.74) is 0.930. The highest BCUT2D eigenvalue weighted by Gasteiger charge is 2.22. The third kappa shape index (κ3) is 2.93. The smallest absolute Gasteiger partial charge is 0.268 e. The number of rotatable bonds is 3. The largest absolute Gasteiger partial charge is 0.317 e. The maximum atomic E-state index is 12.6. The van der Waals surface area contributed by atoms with E-state index in [4.69, 9.17) is 0 Å². The lowest BCUT2D eigenvalue weighted by molar-refractivity contribution is 0.102. The molecule has 0 unspecified atom stereocenters. The van der Waals surface area contributed by atoms with Crippen LogP contribution in [0.2, 0.25) is 0 Å². The minimum absolute atomic E-state index is 0.159. The van der Waals surface area contributed by atoms with E-state index in [1.807, 2.05) is 31.8 Å². The molecule has 0 spiro atoms. The van der Waals surface area contributed by atoms with E-state index in [0.717, 1.165) is 47.7 Å². The molecule has 0 saturated carbocycles. The van der Waals surface area contributed by atoms with Crippen molar-refractivity contribution in [2.75, 3.05) is 18.4 Å². The number of anilines is 1. The van der Waals surface area contributed by atoms with E-state index in [1.54, 1.807) is 4.68 Å². The van der Waals surface area contributed by atoms with Crippen LogP contribution in [0.5, 0.6) is 0 Å². The molecule has 3 aromatic rings. The SMILES string of the molecule is Cc1nn(C)c2sc(C(=O)Nc3nc(C4CCNCC4)nn3C)cc12. The summed E-state index contributed by atoms with van der Waals surface area (Å²) in [5, 5.41) is 16.1. The second kappa shape index (κ2) is 6.23. The molecule has 4 rings (SSSR count). The highest BCUT2D eigenvalue weighted by atomic mass is 32.1. The summed E-state index contributed by atoms with van der Waals surface area (Å²) in [6.45, 7) is 3.92. The number of amides is 1. The van der Waals surface area contributed by atoms with Gasteiger partial charge in [0.2, 0.25) is 5.95 Å². The van der Waals surface area contributed by atoms with Crippen LogP contribution in [0.3, 0.4) is 0 Å². The Hall–Kier alpha value is -2.26. The summed E-state index contributed by atoms with van der Waals surface area (Å²) in [6.07, 6.45) is 2.06. The van der Waals surface area contributed by atoms with Crippen molar-refractivity contribution in [1.82, 2.24) is 29.9 Å². The fourth-order valence-corrected chi connectivity index (χ4v) is 4.26. The number of carbonyl (C=O) groups excluding carboxylic acids is 1. The molecule has 132 valence electrons. The standard InChI is InChI=1S/C16H21N7OS/c1-9-11-8-12(25-15(11)22(2)20-9)14(24)19-16-18-13(21-23(16)3)10-4-6-17-7-5-10/h8,10,17H,4-7H2,1-3H3,(H,18,19,21,24). The number of piperidine rings is 1. The molecule has 1 aliphatic heterocycles. The molecule has 8 nitrogen and oxygen atoms in total. The fourth-order valence-electron chi connectivity index (χ4n) is 3.25. The Morgan fingerprint density at radius 2 is 2.04 bits per heavy atom. The predicted octanol–water partition coefficient (Wildman–Crippen LogP) is 1.79. The maximum absolute atomic E-state index is 12.6. The van der Waals surface area contributed by atoms with E-state index < -0.39 is 0 Å². The lowest BCUT2D eigenvalue weighted by atomic mass is 9.98. The number of thiophene rings is 1. The highest BCUT2D eigenvalue weighted by molar-refractivity contribution is 7.20. The number of nitrogens with one attached hydrogen (secondary N) is 2. The second-order valence-corrected chi connectivity index (χ2v) is 7.46. The van der Waals surface area contributed by atoms with Crippen LogP contribution in [0.1, 0.15) is 39.9 Å². The zero-order valence-corrected chi connectivity index (χ0v) is 15.4. The second-order valence-electron chi connectivity index (χ2n) is 6.43. The van der Waals surface area contributed by atoms with Gasteiger partial charge in [-0.15, -0.1) is 11.3 Å². The number of hydrogen-bond donors (Lipinski definition) is 2. The molecule has 0 atom stereocenters. The van der Waals surface area contributed by atoms with Crippen LogP contribution in [0.4, 0.5) is 5.95 Å². The van der Waals surface area contributed by atoms with Crippen molar-refractivity contribution >= 4 is 33.4 Å². The Kier molecular flexibility index (Phi) is 4.04. The first-order valence-corrected chi connectivity index (χ1v) is 9.20. The molecule has 1 saturated heterocycles. The summed E-state index contributed by atoms with van der Waals surface area (Å²) in [7, 11) is 3.70. The van der Waals surface area contributed by atoms with Gasteiger partial charge >= 0.3 is 0 Å². The predicted molar refractivity (Wildman–Crippen MR) is 97.1 cm³/mol. The molecule has 4 heterocycles. The number of carbonyl (C=O) groups is 1. The van der Waals surface area contributed by atoms with Crippen LogP contribution >= 0.6 is 11.3 Å². The van der Waals surface area contributed by atoms with Crippen molar-refractivity contribution in [1.29, 1.82) is 0 Å². The first-order valence-electron chi connectivity index (χ1n) is 8.39. The summed E-state index contributed by atoms with van der Waals surface area (Å²) < 4.78 is 3.46. The average Bonchev–Trinajstić information content (AvgIpc) is 3.26. The zero-order chi connectivity index (χ0) is 17.6. The van der Waals surface area contributed by atoms with Crippen molar-refractivity contribution in [3.63, 3.8) is 0 Å². The zero-order valence-electron chi connectivity index (χ0n) is 14.5. The Labute approximate surface area is 149 Å². The van der Waals surface area contributed by atoms with E-state index in [9.17, 15) is 4.79 Å². The summed E-state index contributed by atoms with van der Waals surface area (Å²) >= 11 is 1.44. The van der Waals surface area contributed by atoms with Gasteiger partial charge in [-0.05, 0) is 38.9 Å². The third-order valence-electron chi connectivity index (χ3n) is 4.63. The fraction of sp³-hybridized carbons (Fsp3) is 0.500. The Morgan fingerprint density at radius 1 is 1.28 bits per heavy atom. The average molecular weight is 359 g/mol. The van der Waals surface area contributed by atoms with Crippen molar-refractivity contribution in [2.24, 2.45) is 14.1 Å². The lowest BCUT2D eigenvalue weighted by Crippen LogP contribution is -2.27. The van der Waals surface area contributed by atoms with Crippen LogP contribution in [0.25, 0.3) is 10.2 Å². The Balaban J connectivity index is 1.55. The number of nitrogens with zero attached hydrogens (tertiary/aromatic N) is 5.